The number of halogens is 1. The van der Waals surface area contributed by atoms with E-state index < -0.39 is 0 Å². The summed E-state index contributed by atoms with van der Waals surface area (Å²) in [6.07, 6.45) is 7.64. The normalized spacial score (nSPS) is 15.6. The molecule has 2 rings (SSSR count). The standard InChI is InChI=1S/C12H12FN/c1-2-10-11(13)6-5-7-12(10)14-8-3-4-9-14/h1,5-7H,3-4,8-9H2. The van der Waals surface area contributed by atoms with Gasteiger partial charge in [-0.2, -0.15) is 0 Å². The third-order valence-corrected chi connectivity index (χ3v) is 2.58. The minimum atomic E-state index is -0.295. The van der Waals surface area contributed by atoms with Crippen molar-refractivity contribution < 1.29 is 4.39 Å². The molecule has 0 aromatic heterocycles. The molecule has 1 aromatic carbocycles. The Hall–Kier alpha value is -1.49. The first-order valence-electron chi connectivity index (χ1n) is 4.83. The van der Waals surface area contributed by atoms with Gasteiger partial charge in [-0.1, -0.05) is 12.0 Å². The van der Waals surface area contributed by atoms with Gasteiger partial charge in [0, 0.05) is 13.1 Å². The average molecular weight is 189 g/mol. The monoisotopic (exact) mass is 189 g/mol. The Morgan fingerprint density at radius 2 is 2.00 bits per heavy atom. The Kier molecular flexibility index (Phi) is 2.41. The van der Waals surface area contributed by atoms with E-state index in [1.54, 1.807) is 6.07 Å². The molecule has 14 heavy (non-hydrogen) atoms. The van der Waals surface area contributed by atoms with Crippen molar-refractivity contribution in [3.05, 3.63) is 29.6 Å². The maximum Gasteiger partial charge on any atom is 0.140 e. The van der Waals surface area contributed by atoms with Crippen molar-refractivity contribution in [3.8, 4) is 12.3 Å². The molecule has 1 aromatic rings. The molecule has 0 amide bonds. The highest BCUT2D eigenvalue weighted by Gasteiger charge is 2.16. The van der Waals surface area contributed by atoms with Crippen molar-refractivity contribution in [1.82, 2.24) is 0 Å². The molecule has 1 aliphatic rings. The predicted octanol–water partition coefficient (Wildman–Crippen LogP) is 2.41. The molecular weight excluding hydrogens is 177 g/mol. The lowest BCUT2D eigenvalue weighted by Crippen LogP contribution is -2.19. The van der Waals surface area contributed by atoms with Gasteiger partial charge in [0.25, 0.3) is 0 Å². The average Bonchev–Trinajstić information content (AvgIpc) is 2.70. The van der Waals surface area contributed by atoms with Crippen LogP contribution in [0.1, 0.15) is 18.4 Å². The van der Waals surface area contributed by atoms with E-state index in [0.29, 0.717) is 5.56 Å². The molecule has 0 radical (unpaired) electrons. The highest BCUT2D eigenvalue weighted by Crippen LogP contribution is 2.25. The van der Waals surface area contributed by atoms with Gasteiger partial charge < -0.3 is 4.90 Å². The number of rotatable bonds is 1. The van der Waals surface area contributed by atoms with Crippen molar-refractivity contribution in [2.75, 3.05) is 18.0 Å². The molecule has 72 valence electrons. The maximum absolute atomic E-state index is 13.3. The summed E-state index contributed by atoms with van der Waals surface area (Å²) in [7, 11) is 0. The summed E-state index contributed by atoms with van der Waals surface area (Å²) in [4.78, 5) is 2.15. The van der Waals surface area contributed by atoms with Crippen LogP contribution < -0.4 is 4.90 Å². The van der Waals surface area contributed by atoms with Gasteiger partial charge in [0.2, 0.25) is 0 Å². The summed E-state index contributed by atoms with van der Waals surface area (Å²) in [5, 5.41) is 0. The zero-order valence-electron chi connectivity index (χ0n) is 7.96. The SMILES string of the molecule is C#Cc1c(F)cccc1N1CCCC1. The van der Waals surface area contributed by atoms with Crippen molar-refractivity contribution >= 4 is 5.69 Å². The van der Waals surface area contributed by atoms with Crippen LogP contribution in [-0.2, 0) is 0 Å². The number of benzene rings is 1. The van der Waals surface area contributed by atoms with E-state index in [9.17, 15) is 4.39 Å². The fraction of sp³-hybridized carbons (Fsp3) is 0.333. The van der Waals surface area contributed by atoms with Crippen LogP contribution in [0.5, 0.6) is 0 Å². The van der Waals surface area contributed by atoms with Crippen LogP contribution in [0.15, 0.2) is 18.2 Å². The van der Waals surface area contributed by atoms with Crippen LogP contribution in [0.25, 0.3) is 0 Å². The predicted molar refractivity (Wildman–Crippen MR) is 55.8 cm³/mol. The fourth-order valence-corrected chi connectivity index (χ4v) is 1.88. The first-order chi connectivity index (χ1) is 6.83. The second-order valence-electron chi connectivity index (χ2n) is 3.47. The number of nitrogens with zero attached hydrogens (tertiary/aromatic N) is 1. The molecule has 1 heterocycles. The Morgan fingerprint density at radius 3 is 2.64 bits per heavy atom. The maximum atomic E-state index is 13.3. The second kappa shape index (κ2) is 3.71. The van der Waals surface area contributed by atoms with Gasteiger partial charge in [0.1, 0.15) is 5.82 Å². The molecule has 0 spiro atoms. The molecule has 1 fully saturated rings. The lowest BCUT2D eigenvalue weighted by Gasteiger charge is -2.19. The first kappa shape index (κ1) is 9.08. The van der Waals surface area contributed by atoms with Crippen molar-refractivity contribution in [1.29, 1.82) is 0 Å². The largest absolute Gasteiger partial charge is 0.370 e. The van der Waals surface area contributed by atoms with Gasteiger partial charge in [-0.05, 0) is 25.0 Å². The van der Waals surface area contributed by atoms with Gasteiger partial charge in [0.15, 0.2) is 0 Å². The van der Waals surface area contributed by atoms with Crippen molar-refractivity contribution in [2.45, 2.75) is 12.8 Å². The molecule has 1 aliphatic heterocycles. The van der Waals surface area contributed by atoms with Gasteiger partial charge >= 0.3 is 0 Å². The van der Waals surface area contributed by atoms with E-state index in [0.717, 1.165) is 18.8 Å². The fourth-order valence-electron chi connectivity index (χ4n) is 1.88. The Morgan fingerprint density at radius 1 is 1.29 bits per heavy atom. The number of hydrogen-bond donors (Lipinski definition) is 0. The van der Waals surface area contributed by atoms with Gasteiger partial charge in [-0.3, -0.25) is 0 Å². The van der Waals surface area contributed by atoms with Crippen molar-refractivity contribution in [2.24, 2.45) is 0 Å². The van der Waals surface area contributed by atoms with Gasteiger partial charge in [-0.25, -0.2) is 4.39 Å². The second-order valence-corrected chi connectivity index (χ2v) is 3.47. The Balaban J connectivity index is 2.42. The molecule has 0 atom stereocenters. The lowest BCUT2D eigenvalue weighted by molar-refractivity contribution is 0.624. The number of anilines is 1. The molecule has 2 heteroatoms. The van der Waals surface area contributed by atoms with E-state index in [1.165, 1.54) is 18.9 Å². The summed E-state index contributed by atoms with van der Waals surface area (Å²) in [5.41, 5.74) is 1.26. The van der Waals surface area contributed by atoms with Crippen LogP contribution in [0.4, 0.5) is 10.1 Å². The van der Waals surface area contributed by atoms with E-state index in [1.807, 2.05) is 6.07 Å². The van der Waals surface area contributed by atoms with E-state index in [2.05, 4.69) is 10.8 Å². The summed E-state index contributed by atoms with van der Waals surface area (Å²) < 4.78 is 13.3. The smallest absolute Gasteiger partial charge is 0.140 e. The lowest BCUT2D eigenvalue weighted by atomic mass is 10.1. The topological polar surface area (TPSA) is 3.24 Å². The Bertz CT molecular complexity index is 372. The zero-order chi connectivity index (χ0) is 9.97. The van der Waals surface area contributed by atoms with E-state index in [4.69, 9.17) is 6.42 Å². The zero-order valence-corrected chi connectivity index (χ0v) is 7.96. The highest BCUT2D eigenvalue weighted by atomic mass is 19.1. The van der Waals surface area contributed by atoms with Gasteiger partial charge in [-0.15, -0.1) is 6.42 Å². The van der Waals surface area contributed by atoms with Crippen molar-refractivity contribution in [3.63, 3.8) is 0 Å². The molecule has 0 N–H and O–H groups in total. The molecule has 0 saturated carbocycles. The quantitative estimate of drug-likeness (QED) is 0.613. The summed E-state index contributed by atoms with van der Waals surface area (Å²) in [5.74, 6) is 2.13. The van der Waals surface area contributed by atoms with Crippen LogP contribution in [-0.4, -0.2) is 13.1 Å². The van der Waals surface area contributed by atoms with Crippen LogP contribution in [0.3, 0.4) is 0 Å². The molecule has 0 aliphatic carbocycles. The van der Waals surface area contributed by atoms with E-state index in [-0.39, 0.29) is 5.82 Å². The third-order valence-electron chi connectivity index (χ3n) is 2.58. The molecular formula is C12H12FN. The minimum Gasteiger partial charge on any atom is -0.370 e. The van der Waals surface area contributed by atoms with Crippen LogP contribution >= 0.6 is 0 Å². The first-order valence-corrected chi connectivity index (χ1v) is 4.83. The Labute approximate surface area is 83.5 Å². The summed E-state index contributed by atoms with van der Waals surface area (Å²) in [6.45, 7) is 1.97. The number of hydrogen-bond acceptors (Lipinski definition) is 1. The minimum absolute atomic E-state index is 0.295. The van der Waals surface area contributed by atoms with Crippen LogP contribution in [0, 0.1) is 18.2 Å². The molecule has 0 unspecified atom stereocenters. The van der Waals surface area contributed by atoms with Crippen LogP contribution in [0.2, 0.25) is 0 Å². The summed E-state index contributed by atoms with van der Waals surface area (Å²) >= 11 is 0. The molecule has 1 nitrogen and oxygen atoms in total. The number of terminal acetylenes is 1. The van der Waals surface area contributed by atoms with Gasteiger partial charge in [0.05, 0.1) is 11.3 Å². The summed E-state index contributed by atoms with van der Waals surface area (Å²) in [6, 6.07) is 5.02. The highest BCUT2D eigenvalue weighted by molar-refractivity contribution is 5.61. The molecule has 0 bridgehead atoms. The molecule has 1 saturated heterocycles. The third kappa shape index (κ3) is 1.46. The van der Waals surface area contributed by atoms with E-state index >= 15 is 0 Å².